The molecule has 4 rings (SSSR count). The third kappa shape index (κ3) is 4.28. The first-order valence-corrected chi connectivity index (χ1v) is 10.5. The van der Waals surface area contributed by atoms with Crippen molar-refractivity contribution in [1.29, 1.82) is 0 Å². The van der Waals surface area contributed by atoms with Crippen LogP contribution in [-0.4, -0.2) is 63.4 Å². The lowest BCUT2D eigenvalue weighted by atomic mass is 9.93. The van der Waals surface area contributed by atoms with E-state index in [4.69, 9.17) is 0 Å². The zero-order chi connectivity index (χ0) is 19.3. The van der Waals surface area contributed by atoms with Crippen LogP contribution in [-0.2, 0) is 13.1 Å². The van der Waals surface area contributed by atoms with E-state index < -0.39 is 0 Å². The van der Waals surface area contributed by atoms with Gasteiger partial charge in [-0.1, -0.05) is 12.1 Å². The maximum atomic E-state index is 12.5. The number of nitrogens with zero attached hydrogens (tertiary/aromatic N) is 4. The third-order valence-corrected chi connectivity index (χ3v) is 6.07. The van der Waals surface area contributed by atoms with E-state index in [2.05, 4.69) is 28.2 Å². The van der Waals surface area contributed by atoms with Crippen molar-refractivity contribution in [2.45, 2.75) is 44.7 Å². The van der Waals surface area contributed by atoms with E-state index in [1.165, 1.54) is 11.3 Å². The van der Waals surface area contributed by atoms with Crippen molar-refractivity contribution in [3.63, 3.8) is 0 Å². The fourth-order valence-corrected chi connectivity index (χ4v) is 4.47. The van der Waals surface area contributed by atoms with E-state index in [1.807, 2.05) is 27.9 Å². The molecule has 0 saturated carbocycles. The van der Waals surface area contributed by atoms with Gasteiger partial charge in [-0.2, -0.15) is 5.10 Å². The lowest BCUT2D eigenvalue weighted by molar-refractivity contribution is 0.0793. The van der Waals surface area contributed by atoms with E-state index >= 15 is 0 Å². The largest absolute Gasteiger partial charge is 0.394 e. The molecule has 28 heavy (non-hydrogen) atoms. The van der Waals surface area contributed by atoms with Gasteiger partial charge in [-0.3, -0.25) is 14.4 Å². The Morgan fingerprint density at radius 2 is 1.75 bits per heavy atom. The van der Waals surface area contributed by atoms with Crippen molar-refractivity contribution in [2.24, 2.45) is 0 Å². The zero-order valence-electron chi connectivity index (χ0n) is 16.5. The Bertz CT molecular complexity index is 772. The number of aliphatic hydroxyl groups excluding tert-OH is 1. The maximum absolute atomic E-state index is 12.5. The number of hydrogen-bond acceptors (Lipinski definition) is 4. The van der Waals surface area contributed by atoms with Crippen LogP contribution in [0.25, 0.3) is 0 Å². The van der Waals surface area contributed by atoms with Gasteiger partial charge >= 0.3 is 0 Å². The summed E-state index contributed by atoms with van der Waals surface area (Å²) in [7, 11) is 0. The van der Waals surface area contributed by atoms with Crippen molar-refractivity contribution < 1.29 is 9.90 Å². The zero-order valence-corrected chi connectivity index (χ0v) is 16.5. The van der Waals surface area contributed by atoms with Gasteiger partial charge in [-0.05, 0) is 62.5 Å². The van der Waals surface area contributed by atoms with Gasteiger partial charge in [0.15, 0.2) is 0 Å². The molecule has 0 bridgehead atoms. The average Bonchev–Trinajstić information content (AvgIpc) is 3.41. The summed E-state index contributed by atoms with van der Waals surface area (Å²) in [6.45, 7) is 5.54. The molecule has 3 heterocycles. The predicted molar refractivity (Wildman–Crippen MR) is 108 cm³/mol. The Morgan fingerprint density at radius 1 is 1.04 bits per heavy atom. The fourth-order valence-electron chi connectivity index (χ4n) is 4.47. The van der Waals surface area contributed by atoms with Gasteiger partial charge in [0.1, 0.15) is 0 Å². The number of hydrogen-bond donors (Lipinski definition) is 1. The Kier molecular flexibility index (Phi) is 6.07. The van der Waals surface area contributed by atoms with Crippen LogP contribution in [0.5, 0.6) is 0 Å². The highest BCUT2D eigenvalue weighted by Gasteiger charge is 2.23. The van der Waals surface area contributed by atoms with E-state index in [-0.39, 0.29) is 12.5 Å². The minimum absolute atomic E-state index is 0.129. The van der Waals surface area contributed by atoms with Crippen LogP contribution in [0.15, 0.2) is 36.5 Å². The SMILES string of the molecule is O=C(c1ccc(CN2CCC(c3ccnn3CCO)CC2)cc1)N1CCCC1. The first-order chi connectivity index (χ1) is 13.7. The first kappa shape index (κ1) is 19.2. The first-order valence-electron chi connectivity index (χ1n) is 10.5. The van der Waals surface area contributed by atoms with Crippen molar-refractivity contribution in [1.82, 2.24) is 19.6 Å². The summed E-state index contributed by atoms with van der Waals surface area (Å²) < 4.78 is 1.94. The molecule has 0 spiro atoms. The Hall–Kier alpha value is -2.18. The van der Waals surface area contributed by atoms with E-state index in [9.17, 15) is 9.90 Å². The molecular weight excluding hydrogens is 352 g/mol. The van der Waals surface area contributed by atoms with Crippen molar-refractivity contribution in [2.75, 3.05) is 32.8 Å². The number of benzene rings is 1. The molecule has 6 heteroatoms. The summed E-state index contributed by atoms with van der Waals surface area (Å²) >= 11 is 0. The Labute approximate surface area is 166 Å². The van der Waals surface area contributed by atoms with E-state index in [0.717, 1.165) is 64.0 Å². The molecule has 2 aliphatic rings. The van der Waals surface area contributed by atoms with Crippen LogP contribution in [0, 0.1) is 0 Å². The van der Waals surface area contributed by atoms with E-state index in [1.54, 1.807) is 0 Å². The molecule has 1 aromatic heterocycles. The molecule has 150 valence electrons. The number of carbonyl (C=O) groups is 1. The highest BCUT2D eigenvalue weighted by atomic mass is 16.3. The topological polar surface area (TPSA) is 61.6 Å². The van der Waals surface area contributed by atoms with Gasteiger partial charge in [0, 0.05) is 43.0 Å². The molecule has 0 radical (unpaired) electrons. The van der Waals surface area contributed by atoms with Gasteiger partial charge in [0.25, 0.3) is 5.91 Å². The molecule has 0 aliphatic carbocycles. The molecule has 2 saturated heterocycles. The number of carbonyl (C=O) groups excluding carboxylic acids is 1. The number of aromatic nitrogens is 2. The number of amides is 1. The number of aliphatic hydroxyl groups is 1. The number of piperidine rings is 1. The third-order valence-electron chi connectivity index (χ3n) is 6.07. The lowest BCUT2D eigenvalue weighted by Gasteiger charge is -2.32. The molecule has 2 aromatic rings. The van der Waals surface area contributed by atoms with Crippen molar-refractivity contribution >= 4 is 5.91 Å². The second-order valence-electron chi connectivity index (χ2n) is 7.95. The molecule has 0 atom stereocenters. The summed E-state index contributed by atoms with van der Waals surface area (Å²) in [5.41, 5.74) is 3.32. The molecule has 2 aliphatic heterocycles. The van der Waals surface area contributed by atoms with Crippen LogP contribution in [0.1, 0.15) is 53.2 Å². The van der Waals surface area contributed by atoms with Crippen LogP contribution >= 0.6 is 0 Å². The molecule has 1 amide bonds. The van der Waals surface area contributed by atoms with E-state index in [0.29, 0.717) is 12.5 Å². The van der Waals surface area contributed by atoms with Crippen molar-refractivity contribution in [3.05, 3.63) is 53.3 Å². The van der Waals surface area contributed by atoms with Gasteiger partial charge in [0.2, 0.25) is 0 Å². The highest BCUT2D eigenvalue weighted by molar-refractivity contribution is 5.94. The molecule has 1 N–H and O–H groups in total. The van der Waals surface area contributed by atoms with Gasteiger partial charge in [-0.15, -0.1) is 0 Å². The fraction of sp³-hybridized carbons (Fsp3) is 0.545. The smallest absolute Gasteiger partial charge is 0.253 e. The molecule has 6 nitrogen and oxygen atoms in total. The highest BCUT2D eigenvalue weighted by Crippen LogP contribution is 2.28. The molecule has 2 fully saturated rings. The second-order valence-corrected chi connectivity index (χ2v) is 7.95. The average molecular weight is 383 g/mol. The van der Waals surface area contributed by atoms with Crippen LogP contribution in [0.3, 0.4) is 0 Å². The van der Waals surface area contributed by atoms with Gasteiger partial charge in [0.05, 0.1) is 13.2 Å². The summed E-state index contributed by atoms with van der Waals surface area (Å²) in [4.78, 5) is 16.9. The lowest BCUT2D eigenvalue weighted by Crippen LogP contribution is -2.33. The van der Waals surface area contributed by atoms with Gasteiger partial charge < -0.3 is 10.0 Å². The van der Waals surface area contributed by atoms with Crippen LogP contribution < -0.4 is 0 Å². The molecule has 1 aromatic carbocycles. The molecule has 0 unspecified atom stereocenters. The van der Waals surface area contributed by atoms with Crippen LogP contribution in [0.4, 0.5) is 0 Å². The summed E-state index contributed by atoms with van der Waals surface area (Å²) in [5, 5.41) is 13.5. The maximum Gasteiger partial charge on any atom is 0.253 e. The number of likely N-dealkylation sites (tertiary alicyclic amines) is 2. The minimum Gasteiger partial charge on any atom is -0.394 e. The van der Waals surface area contributed by atoms with Crippen LogP contribution in [0.2, 0.25) is 0 Å². The predicted octanol–water partition coefficient (Wildman–Crippen LogP) is 2.49. The number of rotatable bonds is 6. The van der Waals surface area contributed by atoms with Crippen molar-refractivity contribution in [3.8, 4) is 0 Å². The normalized spacial score (nSPS) is 18.7. The second kappa shape index (κ2) is 8.88. The minimum atomic E-state index is 0.129. The standard InChI is InChI=1S/C22H30N4O2/c27-16-15-26-21(7-10-23-26)19-8-13-24(14-9-19)17-18-3-5-20(6-4-18)22(28)25-11-1-2-12-25/h3-7,10,19,27H,1-2,8-9,11-17H2. The Morgan fingerprint density at radius 3 is 2.43 bits per heavy atom. The molecular formula is C22H30N4O2. The monoisotopic (exact) mass is 382 g/mol. The summed E-state index contributed by atoms with van der Waals surface area (Å²) in [6.07, 6.45) is 6.31. The summed E-state index contributed by atoms with van der Waals surface area (Å²) in [6, 6.07) is 10.3. The van der Waals surface area contributed by atoms with Gasteiger partial charge in [-0.25, -0.2) is 0 Å². The quantitative estimate of drug-likeness (QED) is 0.834. The Balaban J connectivity index is 1.30. The summed E-state index contributed by atoms with van der Waals surface area (Å²) in [5.74, 6) is 0.690.